The minimum Gasteiger partial charge on any atom is -0.480 e. The highest BCUT2D eigenvalue weighted by atomic mass is 35.5. The molecule has 0 saturated heterocycles. The molecule has 1 atom stereocenters. The van der Waals surface area contributed by atoms with Crippen LogP contribution in [0.5, 0.6) is 5.88 Å². The average molecular weight is 544 g/mol. The molecule has 198 valence electrons. The lowest BCUT2D eigenvalue weighted by Crippen LogP contribution is -2.51. The molecule has 0 saturated carbocycles. The zero-order valence-electron chi connectivity index (χ0n) is 22.0. The second-order valence-electron chi connectivity index (χ2n) is 10.0. The summed E-state index contributed by atoms with van der Waals surface area (Å²) in [4.78, 5) is 43.4. The van der Waals surface area contributed by atoms with Crippen LogP contribution in [0, 0.1) is 13.8 Å². The predicted molar refractivity (Wildman–Crippen MR) is 148 cm³/mol. The second-order valence-corrected chi connectivity index (χ2v) is 10.5. The Hall–Kier alpha value is -4.44. The lowest BCUT2D eigenvalue weighted by Gasteiger charge is -2.36. The van der Waals surface area contributed by atoms with Crippen LogP contribution in [0.3, 0.4) is 0 Å². The highest BCUT2D eigenvalue weighted by Crippen LogP contribution is 2.55. The first-order valence-corrected chi connectivity index (χ1v) is 12.8. The number of hydrogen-bond donors (Lipinski definition) is 2. The minimum absolute atomic E-state index is 0.0421. The normalized spacial score (nSPS) is 17.7. The Bertz CT molecular complexity index is 1710. The molecular formula is C28H26ClN7O3. The van der Waals surface area contributed by atoms with Gasteiger partial charge in [-0.3, -0.25) is 14.5 Å². The van der Waals surface area contributed by atoms with Crippen LogP contribution in [0.1, 0.15) is 52.8 Å². The fraction of sp³-hybridized carbons (Fsp3) is 0.250. The van der Waals surface area contributed by atoms with Crippen LogP contribution in [-0.4, -0.2) is 38.4 Å². The van der Waals surface area contributed by atoms with E-state index < -0.39 is 11.4 Å². The van der Waals surface area contributed by atoms with Gasteiger partial charge in [0, 0.05) is 28.5 Å². The molecule has 2 aliphatic rings. The van der Waals surface area contributed by atoms with E-state index in [-0.39, 0.29) is 29.5 Å². The summed E-state index contributed by atoms with van der Waals surface area (Å²) < 4.78 is 7.38. The third-order valence-electron chi connectivity index (χ3n) is 7.27. The number of rotatable bonds is 4. The summed E-state index contributed by atoms with van der Waals surface area (Å²) in [6.45, 7) is 7.75. The van der Waals surface area contributed by atoms with E-state index in [2.05, 4.69) is 15.3 Å². The van der Waals surface area contributed by atoms with Crippen LogP contribution in [0.25, 0.3) is 11.4 Å². The number of anilines is 3. The molecule has 1 unspecified atom stereocenters. The van der Waals surface area contributed by atoms with Crippen molar-refractivity contribution in [2.75, 3.05) is 23.1 Å². The van der Waals surface area contributed by atoms with Gasteiger partial charge in [-0.05, 0) is 57.0 Å². The van der Waals surface area contributed by atoms with Crippen LogP contribution < -0.4 is 20.7 Å². The molecule has 1 spiro atoms. The molecule has 3 N–H and O–H groups in total. The Morgan fingerprint density at radius 2 is 1.87 bits per heavy atom. The summed E-state index contributed by atoms with van der Waals surface area (Å²) in [5.74, 6) is -0.127. The standard InChI is InChI=1S/C28H26ClN7O3/c1-13(2)35-22-21(33-23(35)17-12-31-27(30)34-24(17)39-5)25(37)36(20-11-16(29)8-7-15(20)4)28(22)18-9-6-14(3)10-19(18)32-26(28)38/h6-13H,1-5H3,(H,32,38)(H2,30,31,34). The molecule has 4 heterocycles. The van der Waals surface area contributed by atoms with Crippen molar-refractivity contribution in [2.45, 2.75) is 39.3 Å². The summed E-state index contributed by atoms with van der Waals surface area (Å²) in [6, 6.07) is 10.8. The summed E-state index contributed by atoms with van der Waals surface area (Å²) in [6.07, 6.45) is 1.51. The van der Waals surface area contributed by atoms with Crippen molar-refractivity contribution in [1.29, 1.82) is 0 Å². The molecule has 39 heavy (non-hydrogen) atoms. The monoisotopic (exact) mass is 543 g/mol. The summed E-state index contributed by atoms with van der Waals surface area (Å²) in [5.41, 5.74) is 8.90. The van der Waals surface area contributed by atoms with Gasteiger partial charge in [0.1, 0.15) is 5.82 Å². The van der Waals surface area contributed by atoms with Gasteiger partial charge in [-0.25, -0.2) is 9.97 Å². The van der Waals surface area contributed by atoms with Crippen LogP contribution in [0.2, 0.25) is 5.02 Å². The number of aromatic nitrogens is 4. The number of hydrogen-bond acceptors (Lipinski definition) is 7. The van der Waals surface area contributed by atoms with Gasteiger partial charge >= 0.3 is 0 Å². The molecular weight excluding hydrogens is 518 g/mol. The fourth-order valence-electron chi connectivity index (χ4n) is 5.66. The number of carbonyl (C=O) groups excluding carboxylic acids is 2. The molecule has 11 heteroatoms. The van der Waals surface area contributed by atoms with Gasteiger partial charge in [-0.1, -0.05) is 29.8 Å². The summed E-state index contributed by atoms with van der Waals surface area (Å²) >= 11 is 6.42. The van der Waals surface area contributed by atoms with E-state index in [1.807, 2.05) is 56.5 Å². The van der Waals surface area contributed by atoms with Gasteiger partial charge in [0.25, 0.3) is 11.8 Å². The van der Waals surface area contributed by atoms with E-state index in [9.17, 15) is 9.59 Å². The van der Waals surface area contributed by atoms with E-state index in [4.69, 9.17) is 27.1 Å². The molecule has 4 aromatic rings. The maximum Gasteiger partial charge on any atom is 0.280 e. The molecule has 2 aliphatic heterocycles. The van der Waals surface area contributed by atoms with Crippen molar-refractivity contribution in [3.63, 3.8) is 0 Å². The Morgan fingerprint density at radius 3 is 2.59 bits per heavy atom. The Morgan fingerprint density at radius 1 is 1.10 bits per heavy atom. The number of carbonyl (C=O) groups is 2. The van der Waals surface area contributed by atoms with Crippen molar-refractivity contribution in [2.24, 2.45) is 0 Å². The second kappa shape index (κ2) is 8.54. The van der Waals surface area contributed by atoms with Crippen molar-refractivity contribution in [1.82, 2.24) is 19.5 Å². The lowest BCUT2D eigenvalue weighted by atomic mass is 9.86. The van der Waals surface area contributed by atoms with Gasteiger partial charge in [-0.2, -0.15) is 4.98 Å². The number of fused-ring (bicyclic) bond motifs is 4. The summed E-state index contributed by atoms with van der Waals surface area (Å²) in [7, 11) is 1.47. The molecule has 0 radical (unpaired) electrons. The highest BCUT2D eigenvalue weighted by Gasteiger charge is 2.64. The van der Waals surface area contributed by atoms with E-state index in [1.54, 1.807) is 12.1 Å². The average Bonchev–Trinajstić information content (AvgIpc) is 3.49. The number of nitrogens with one attached hydrogen (secondary N) is 1. The Balaban J connectivity index is 1.74. The first-order valence-electron chi connectivity index (χ1n) is 12.4. The van der Waals surface area contributed by atoms with Gasteiger partial charge in [0.2, 0.25) is 11.8 Å². The number of benzene rings is 2. The number of methoxy groups -OCH3 is 1. The van der Waals surface area contributed by atoms with Gasteiger partial charge in [0.05, 0.1) is 24.1 Å². The topological polar surface area (TPSA) is 128 Å². The van der Waals surface area contributed by atoms with E-state index in [0.717, 1.165) is 11.1 Å². The van der Waals surface area contributed by atoms with Crippen molar-refractivity contribution in [3.05, 3.63) is 75.7 Å². The number of ether oxygens (including phenoxy) is 1. The zero-order valence-corrected chi connectivity index (χ0v) is 22.8. The molecule has 0 fully saturated rings. The fourth-order valence-corrected chi connectivity index (χ4v) is 5.82. The molecule has 2 amide bonds. The minimum atomic E-state index is -1.54. The van der Waals surface area contributed by atoms with Crippen LogP contribution in [0.15, 0.2) is 42.6 Å². The predicted octanol–water partition coefficient (Wildman–Crippen LogP) is 4.64. The number of nitrogens with zero attached hydrogens (tertiary/aromatic N) is 5. The largest absolute Gasteiger partial charge is 0.480 e. The van der Waals surface area contributed by atoms with E-state index >= 15 is 0 Å². The van der Waals surface area contributed by atoms with Gasteiger partial charge in [-0.15, -0.1) is 0 Å². The van der Waals surface area contributed by atoms with E-state index in [0.29, 0.717) is 39.0 Å². The summed E-state index contributed by atoms with van der Waals surface area (Å²) in [5, 5.41) is 3.48. The van der Waals surface area contributed by atoms with E-state index in [1.165, 1.54) is 18.2 Å². The molecule has 10 nitrogen and oxygen atoms in total. The van der Waals surface area contributed by atoms with Crippen molar-refractivity contribution in [3.8, 4) is 17.3 Å². The van der Waals surface area contributed by atoms with Crippen LogP contribution >= 0.6 is 11.6 Å². The first kappa shape index (κ1) is 24.9. The molecule has 0 aliphatic carbocycles. The Kier molecular flexibility index (Phi) is 5.44. The SMILES string of the molecule is COc1nc(N)ncc1-c1nc2c(n1C(C)C)C1(C(=O)Nc3cc(C)ccc31)N(c1cc(Cl)ccc1C)C2=O. The maximum atomic E-state index is 14.4. The number of nitrogens with two attached hydrogens (primary N) is 1. The highest BCUT2D eigenvalue weighted by molar-refractivity contribution is 6.31. The quantitative estimate of drug-likeness (QED) is 0.384. The molecule has 0 bridgehead atoms. The number of halogens is 1. The third-order valence-corrected chi connectivity index (χ3v) is 7.51. The first-order chi connectivity index (χ1) is 18.6. The Labute approximate surface area is 229 Å². The lowest BCUT2D eigenvalue weighted by molar-refractivity contribution is -0.119. The molecule has 6 rings (SSSR count). The zero-order chi connectivity index (χ0) is 27.8. The van der Waals surface area contributed by atoms with Crippen molar-refractivity contribution >= 4 is 40.7 Å². The number of imidazole rings is 1. The van der Waals surface area contributed by atoms with Gasteiger partial charge < -0.3 is 20.4 Å². The van der Waals surface area contributed by atoms with Crippen LogP contribution in [-0.2, 0) is 10.3 Å². The molecule has 2 aromatic heterocycles. The van der Waals surface area contributed by atoms with Crippen molar-refractivity contribution < 1.29 is 14.3 Å². The van der Waals surface area contributed by atoms with Gasteiger partial charge in [0.15, 0.2) is 11.2 Å². The smallest absolute Gasteiger partial charge is 0.280 e. The number of amides is 2. The number of nitrogen functional groups attached to an aromatic ring is 1. The maximum absolute atomic E-state index is 14.4. The third kappa shape index (κ3) is 3.31. The number of aryl methyl sites for hydroxylation is 2. The molecule has 2 aromatic carbocycles. The van der Waals surface area contributed by atoms with Crippen LogP contribution in [0.4, 0.5) is 17.3 Å².